The van der Waals surface area contributed by atoms with Crippen molar-refractivity contribution in [3.8, 4) is 5.00 Å². The number of hydrogen-bond donors (Lipinski definition) is 0. The first-order chi connectivity index (χ1) is 13.3. The molecule has 0 N–H and O–H groups in total. The van der Waals surface area contributed by atoms with Gasteiger partial charge in [-0.2, -0.15) is 13.2 Å². The number of fused-ring (bicyclic) bond motifs is 1. The van der Waals surface area contributed by atoms with Crippen molar-refractivity contribution in [2.45, 2.75) is 32.1 Å². The summed E-state index contributed by atoms with van der Waals surface area (Å²) in [5.74, 6) is -0.556. The molecule has 2 aromatic heterocycles. The van der Waals surface area contributed by atoms with Gasteiger partial charge in [-0.05, 0) is 36.6 Å². The van der Waals surface area contributed by atoms with Crippen molar-refractivity contribution in [3.63, 3.8) is 0 Å². The number of carbonyl (C=O) groups excluding carboxylic acids is 1. The number of nitrogens with zero attached hydrogens (tertiary/aromatic N) is 4. The van der Waals surface area contributed by atoms with E-state index >= 15 is 0 Å². The van der Waals surface area contributed by atoms with Crippen LogP contribution < -0.4 is 0 Å². The van der Waals surface area contributed by atoms with E-state index in [2.05, 4.69) is 10.3 Å². The first-order valence-electron chi connectivity index (χ1n) is 8.41. The number of halogens is 4. The monoisotopic (exact) mass is 426 g/mol. The number of alkyl halides is 3. The highest BCUT2D eigenvalue weighted by molar-refractivity contribution is 7.12. The van der Waals surface area contributed by atoms with E-state index < -0.39 is 22.7 Å². The molecule has 0 saturated carbocycles. The van der Waals surface area contributed by atoms with Gasteiger partial charge in [-0.3, -0.25) is 4.79 Å². The summed E-state index contributed by atoms with van der Waals surface area (Å²) in [6.45, 7) is 2.00. The zero-order valence-corrected chi connectivity index (χ0v) is 16.1. The summed E-state index contributed by atoms with van der Waals surface area (Å²) >= 11 is 7.45. The second kappa shape index (κ2) is 6.89. The maximum Gasteiger partial charge on any atom is 0.417 e. The smallest absolute Gasteiger partial charge is 0.329 e. The lowest BCUT2D eigenvalue weighted by molar-refractivity contribution is -0.137. The molecule has 0 spiro atoms. The van der Waals surface area contributed by atoms with Gasteiger partial charge in [0.1, 0.15) is 10.7 Å². The number of hydrogen-bond acceptors (Lipinski definition) is 4. The summed E-state index contributed by atoms with van der Waals surface area (Å²) < 4.78 is 41.1. The van der Waals surface area contributed by atoms with E-state index in [0.717, 1.165) is 16.8 Å². The zero-order valence-electron chi connectivity index (χ0n) is 14.6. The van der Waals surface area contributed by atoms with E-state index in [0.29, 0.717) is 12.1 Å². The molecule has 146 valence electrons. The molecule has 0 saturated heterocycles. The van der Waals surface area contributed by atoms with Crippen LogP contribution in [0.25, 0.3) is 5.00 Å². The minimum absolute atomic E-state index is 0.160. The van der Waals surface area contributed by atoms with Crippen molar-refractivity contribution in [2.75, 3.05) is 0 Å². The molecular weight excluding hydrogens is 413 g/mol. The van der Waals surface area contributed by atoms with Crippen molar-refractivity contribution < 1.29 is 18.0 Å². The average molecular weight is 427 g/mol. The summed E-state index contributed by atoms with van der Waals surface area (Å²) in [4.78, 5) is 14.5. The standard InChI is InChI=1S/C18H14ClF3N4OS/c1-10-8-14-13(23-24-26(14)15-6-3-7-28-15)9-25(10)17(27)11-4-2-5-12(16(11)19)18(20,21)22/h2-7,10H,8-9H2,1H3/t10-/m0/s1. The Morgan fingerprint density at radius 2 is 2.07 bits per heavy atom. The number of aromatic nitrogens is 3. The fourth-order valence-corrected chi connectivity index (χ4v) is 4.29. The minimum atomic E-state index is -4.63. The number of benzene rings is 1. The highest BCUT2D eigenvalue weighted by Crippen LogP contribution is 2.37. The van der Waals surface area contributed by atoms with Gasteiger partial charge in [0.2, 0.25) is 0 Å². The minimum Gasteiger partial charge on any atom is -0.329 e. The zero-order chi connectivity index (χ0) is 20.1. The van der Waals surface area contributed by atoms with Gasteiger partial charge in [0.25, 0.3) is 5.91 Å². The van der Waals surface area contributed by atoms with Crippen LogP contribution >= 0.6 is 22.9 Å². The van der Waals surface area contributed by atoms with Gasteiger partial charge in [0.05, 0.1) is 28.4 Å². The molecule has 1 amide bonds. The van der Waals surface area contributed by atoms with E-state index in [4.69, 9.17) is 11.6 Å². The van der Waals surface area contributed by atoms with E-state index in [1.54, 1.807) is 4.68 Å². The van der Waals surface area contributed by atoms with Crippen molar-refractivity contribution in [1.29, 1.82) is 0 Å². The van der Waals surface area contributed by atoms with Gasteiger partial charge in [-0.25, -0.2) is 4.68 Å². The number of rotatable bonds is 2. The molecule has 4 rings (SSSR count). The molecule has 1 aliphatic rings. The second-order valence-electron chi connectivity index (χ2n) is 6.50. The summed E-state index contributed by atoms with van der Waals surface area (Å²) in [6.07, 6.45) is -4.14. The number of amides is 1. The molecule has 0 aliphatic carbocycles. The predicted molar refractivity (Wildman–Crippen MR) is 98.7 cm³/mol. The Bertz CT molecular complexity index is 1030. The summed E-state index contributed by atoms with van der Waals surface area (Å²) in [6, 6.07) is 6.95. The Morgan fingerprint density at radius 3 is 2.75 bits per heavy atom. The highest BCUT2D eigenvalue weighted by Gasteiger charge is 2.37. The fourth-order valence-electron chi connectivity index (χ4n) is 3.28. The molecule has 0 radical (unpaired) electrons. The summed E-state index contributed by atoms with van der Waals surface area (Å²) in [5, 5.41) is 10.6. The van der Waals surface area contributed by atoms with Crippen molar-refractivity contribution in [1.82, 2.24) is 19.9 Å². The molecule has 1 aliphatic heterocycles. The van der Waals surface area contributed by atoms with Gasteiger partial charge in [-0.15, -0.1) is 16.4 Å². The van der Waals surface area contributed by atoms with E-state index in [1.807, 2.05) is 24.4 Å². The van der Waals surface area contributed by atoms with Crippen LogP contribution in [0.4, 0.5) is 13.2 Å². The molecule has 3 aromatic rings. The van der Waals surface area contributed by atoms with Gasteiger partial charge in [-0.1, -0.05) is 22.9 Å². The molecule has 0 bridgehead atoms. The van der Waals surface area contributed by atoms with Crippen LogP contribution in [0.15, 0.2) is 35.7 Å². The molecule has 5 nitrogen and oxygen atoms in total. The van der Waals surface area contributed by atoms with Crippen LogP contribution in [0, 0.1) is 0 Å². The number of thiophene rings is 1. The van der Waals surface area contributed by atoms with E-state index in [9.17, 15) is 18.0 Å². The van der Waals surface area contributed by atoms with Crippen LogP contribution in [0.5, 0.6) is 0 Å². The number of carbonyl (C=O) groups is 1. The molecule has 28 heavy (non-hydrogen) atoms. The van der Waals surface area contributed by atoms with Crippen molar-refractivity contribution >= 4 is 28.8 Å². The third kappa shape index (κ3) is 3.18. The van der Waals surface area contributed by atoms with Crippen LogP contribution in [0.1, 0.15) is 34.2 Å². The highest BCUT2D eigenvalue weighted by atomic mass is 35.5. The SMILES string of the molecule is C[C@H]1Cc2c(nnn2-c2cccs2)CN1C(=O)c1cccc(C(F)(F)F)c1Cl. The lowest BCUT2D eigenvalue weighted by Gasteiger charge is -2.33. The third-order valence-corrected chi connectivity index (χ3v) is 5.95. The second-order valence-corrected chi connectivity index (χ2v) is 7.80. The Kier molecular flexibility index (Phi) is 4.67. The lowest BCUT2D eigenvalue weighted by atomic mass is 10.0. The molecule has 0 fully saturated rings. The van der Waals surface area contributed by atoms with Crippen molar-refractivity contribution in [2.24, 2.45) is 0 Å². The fraction of sp³-hybridized carbons (Fsp3) is 0.278. The van der Waals surface area contributed by atoms with Crippen LogP contribution in [-0.4, -0.2) is 31.8 Å². The van der Waals surface area contributed by atoms with Gasteiger partial charge >= 0.3 is 6.18 Å². The molecule has 1 aromatic carbocycles. The molecule has 3 heterocycles. The van der Waals surface area contributed by atoms with Gasteiger partial charge in [0.15, 0.2) is 0 Å². The first kappa shape index (κ1) is 18.9. The molecule has 10 heteroatoms. The first-order valence-corrected chi connectivity index (χ1v) is 9.67. The third-order valence-electron chi connectivity index (χ3n) is 4.69. The quantitative estimate of drug-likeness (QED) is 0.602. The van der Waals surface area contributed by atoms with E-state index in [1.165, 1.54) is 28.4 Å². The predicted octanol–water partition coefficient (Wildman–Crippen LogP) is 4.59. The maximum absolute atomic E-state index is 13.1. The Labute approximate surface area is 167 Å². The van der Waals surface area contributed by atoms with Gasteiger partial charge in [0, 0.05) is 12.5 Å². The van der Waals surface area contributed by atoms with Gasteiger partial charge < -0.3 is 4.90 Å². The van der Waals surface area contributed by atoms with Crippen LogP contribution in [0.3, 0.4) is 0 Å². The average Bonchev–Trinajstić information content (AvgIpc) is 3.28. The summed E-state index contributed by atoms with van der Waals surface area (Å²) in [7, 11) is 0. The molecule has 1 atom stereocenters. The molecular formula is C18H14ClF3N4OS. The van der Waals surface area contributed by atoms with Crippen LogP contribution in [0.2, 0.25) is 5.02 Å². The van der Waals surface area contributed by atoms with E-state index in [-0.39, 0.29) is 18.2 Å². The maximum atomic E-state index is 13.1. The van der Waals surface area contributed by atoms with Crippen molar-refractivity contribution in [3.05, 3.63) is 63.2 Å². The lowest BCUT2D eigenvalue weighted by Crippen LogP contribution is -2.43. The van der Waals surface area contributed by atoms with Crippen LogP contribution in [-0.2, 0) is 19.1 Å². The Balaban J connectivity index is 1.66. The largest absolute Gasteiger partial charge is 0.417 e. The Morgan fingerprint density at radius 1 is 1.29 bits per heavy atom. The molecule has 0 unspecified atom stereocenters. The summed E-state index contributed by atoms with van der Waals surface area (Å²) in [5.41, 5.74) is 0.337. The topological polar surface area (TPSA) is 51.0 Å². The normalized spacial score (nSPS) is 16.9. The Hall–Kier alpha value is -2.39.